The lowest BCUT2D eigenvalue weighted by Crippen LogP contribution is -2.28. The van der Waals surface area contributed by atoms with Gasteiger partial charge in [-0.05, 0) is 30.3 Å². The van der Waals surface area contributed by atoms with Crippen LogP contribution < -0.4 is 5.32 Å². The van der Waals surface area contributed by atoms with Gasteiger partial charge >= 0.3 is 0 Å². The van der Waals surface area contributed by atoms with Crippen molar-refractivity contribution in [3.05, 3.63) is 51.0 Å². The van der Waals surface area contributed by atoms with Crippen LogP contribution in [0.25, 0.3) is 0 Å². The number of aromatic hydroxyl groups is 2. The van der Waals surface area contributed by atoms with Crippen LogP contribution in [0, 0.1) is 0 Å². The largest absolute Gasteiger partial charge is 0.507 e. The van der Waals surface area contributed by atoms with Gasteiger partial charge in [0.05, 0.1) is 17.9 Å². The summed E-state index contributed by atoms with van der Waals surface area (Å²) >= 11 is 8.97. The molecule has 0 spiro atoms. The average Bonchev–Trinajstić information content (AvgIpc) is 2.57. The summed E-state index contributed by atoms with van der Waals surface area (Å²) in [6.07, 6.45) is -2.80. The molecule has 0 aliphatic carbocycles. The minimum atomic E-state index is -4.12. The topological polar surface area (TPSA) is 104 Å². The van der Waals surface area contributed by atoms with Gasteiger partial charge in [-0.3, -0.25) is 4.79 Å². The maximum Gasteiger partial charge on any atom is 0.255 e. The molecule has 0 aliphatic rings. The van der Waals surface area contributed by atoms with Crippen LogP contribution in [-0.2, 0) is 15.6 Å². The second kappa shape index (κ2) is 8.41. The molecule has 0 unspecified atom stereocenters. The average molecular weight is 485 g/mol. The van der Waals surface area contributed by atoms with E-state index in [4.69, 9.17) is 11.6 Å². The lowest BCUT2D eigenvalue weighted by molar-refractivity contribution is 0.0889. The van der Waals surface area contributed by atoms with E-state index in [1.165, 1.54) is 18.2 Å². The number of sulfone groups is 1. The van der Waals surface area contributed by atoms with Crippen molar-refractivity contribution < 1.29 is 32.2 Å². The summed E-state index contributed by atoms with van der Waals surface area (Å²) < 4.78 is 50.1. The van der Waals surface area contributed by atoms with E-state index in [1.54, 1.807) is 0 Å². The molecule has 0 aromatic heterocycles. The smallest absolute Gasteiger partial charge is 0.255 e. The normalized spacial score (nSPS) is 11.6. The summed E-state index contributed by atoms with van der Waals surface area (Å²) in [6.45, 7) is -0.940. The minimum absolute atomic E-state index is 0.0707. The van der Waals surface area contributed by atoms with Gasteiger partial charge in [0.2, 0.25) is 0 Å². The fourth-order valence-electron chi connectivity index (χ4n) is 2.22. The van der Waals surface area contributed by atoms with Gasteiger partial charge in [0.15, 0.2) is 9.84 Å². The first kappa shape index (κ1) is 21.4. The summed E-state index contributed by atoms with van der Waals surface area (Å²) in [5.41, 5.74) is -0.657. The Labute approximate surface area is 166 Å². The molecule has 0 heterocycles. The molecule has 0 saturated carbocycles. The molecule has 0 atom stereocenters. The molecule has 2 aromatic carbocycles. The van der Waals surface area contributed by atoms with E-state index in [-0.39, 0.29) is 15.5 Å². The lowest BCUT2D eigenvalue weighted by atomic mass is 10.1. The number of carbonyl (C=O) groups excluding carboxylic acids is 1. The minimum Gasteiger partial charge on any atom is -0.507 e. The molecule has 146 valence electrons. The van der Waals surface area contributed by atoms with E-state index in [2.05, 4.69) is 15.9 Å². The number of amides is 1. The molecule has 0 bridgehead atoms. The quantitative estimate of drug-likeness (QED) is 0.582. The molecule has 1 amide bonds. The summed E-state index contributed by atoms with van der Waals surface area (Å²) in [6, 6.07) is 5.97. The summed E-state index contributed by atoms with van der Waals surface area (Å²) in [7, 11) is -4.12. The van der Waals surface area contributed by atoms with Crippen LogP contribution >= 0.6 is 27.5 Å². The third-order valence-electron chi connectivity index (χ3n) is 3.42. The molecular formula is C16H13BrClF2NO5S. The highest BCUT2D eigenvalue weighted by molar-refractivity contribution is 9.10. The third-order valence-corrected chi connectivity index (χ3v) is 5.82. The Morgan fingerprint density at radius 1 is 1.22 bits per heavy atom. The van der Waals surface area contributed by atoms with Crippen molar-refractivity contribution >= 4 is 43.3 Å². The van der Waals surface area contributed by atoms with E-state index in [0.717, 1.165) is 12.1 Å². The van der Waals surface area contributed by atoms with Gasteiger partial charge in [0.25, 0.3) is 12.3 Å². The Bertz CT molecular complexity index is 985. The van der Waals surface area contributed by atoms with Crippen LogP contribution in [0.1, 0.15) is 15.9 Å². The Balaban J connectivity index is 2.41. The van der Waals surface area contributed by atoms with Crippen molar-refractivity contribution in [1.82, 2.24) is 5.32 Å². The second-order valence-electron chi connectivity index (χ2n) is 5.43. The molecule has 11 heteroatoms. The molecule has 0 radical (unpaired) electrons. The van der Waals surface area contributed by atoms with Gasteiger partial charge in [-0.15, -0.1) is 0 Å². The van der Waals surface area contributed by atoms with Crippen molar-refractivity contribution in [2.24, 2.45) is 0 Å². The Morgan fingerprint density at radius 3 is 2.52 bits per heavy atom. The molecule has 0 saturated heterocycles. The van der Waals surface area contributed by atoms with E-state index < -0.39 is 51.5 Å². The van der Waals surface area contributed by atoms with E-state index in [1.807, 2.05) is 5.32 Å². The summed E-state index contributed by atoms with van der Waals surface area (Å²) in [5.74, 6) is -3.00. The number of halogens is 4. The molecule has 27 heavy (non-hydrogen) atoms. The summed E-state index contributed by atoms with van der Waals surface area (Å²) in [4.78, 5) is 11.6. The number of hydrogen-bond acceptors (Lipinski definition) is 5. The Kier molecular flexibility index (Phi) is 6.66. The highest BCUT2D eigenvalue weighted by Gasteiger charge is 2.24. The number of rotatable bonds is 6. The van der Waals surface area contributed by atoms with E-state index in [9.17, 15) is 32.2 Å². The zero-order chi connectivity index (χ0) is 20.4. The maximum absolute atomic E-state index is 12.6. The van der Waals surface area contributed by atoms with Crippen molar-refractivity contribution in [2.75, 3.05) is 6.54 Å². The number of phenols is 2. The monoisotopic (exact) mass is 483 g/mol. The SMILES string of the molecule is O=C(NCC(F)F)c1cc(Cl)cc(CS(=O)(=O)c2cc(Br)ccc2O)c1O. The molecular weight excluding hydrogens is 472 g/mol. The Morgan fingerprint density at radius 2 is 1.89 bits per heavy atom. The second-order valence-corrected chi connectivity index (χ2v) is 8.74. The van der Waals surface area contributed by atoms with Gasteiger partial charge in [0, 0.05) is 15.1 Å². The number of nitrogens with one attached hydrogen (secondary N) is 1. The van der Waals surface area contributed by atoms with Crippen LogP contribution in [0.5, 0.6) is 11.5 Å². The third kappa shape index (κ3) is 5.30. The van der Waals surface area contributed by atoms with E-state index >= 15 is 0 Å². The zero-order valence-electron chi connectivity index (χ0n) is 13.4. The van der Waals surface area contributed by atoms with Gasteiger partial charge in [-0.1, -0.05) is 27.5 Å². The van der Waals surface area contributed by atoms with Crippen LogP contribution in [0.15, 0.2) is 39.7 Å². The van der Waals surface area contributed by atoms with E-state index in [0.29, 0.717) is 4.47 Å². The van der Waals surface area contributed by atoms with Crippen LogP contribution in [0.2, 0.25) is 5.02 Å². The fourth-order valence-corrected chi connectivity index (χ4v) is 4.46. The first-order chi connectivity index (χ1) is 12.5. The number of alkyl halides is 2. The number of benzene rings is 2. The molecule has 6 nitrogen and oxygen atoms in total. The zero-order valence-corrected chi connectivity index (χ0v) is 16.6. The van der Waals surface area contributed by atoms with Gasteiger partial charge < -0.3 is 15.5 Å². The fraction of sp³-hybridized carbons (Fsp3) is 0.188. The standard InChI is InChI=1S/C16H13BrClF2NO5S/c17-9-1-2-12(22)13(4-9)27(25,26)7-8-3-10(18)5-11(15(8)23)16(24)21-6-14(19)20/h1-5,14,22-23H,6-7H2,(H,21,24). The Hall–Kier alpha value is -1.91. The predicted molar refractivity (Wildman–Crippen MR) is 98.2 cm³/mol. The van der Waals surface area contributed by atoms with Crippen LogP contribution in [0.3, 0.4) is 0 Å². The highest BCUT2D eigenvalue weighted by Crippen LogP contribution is 2.33. The highest BCUT2D eigenvalue weighted by atomic mass is 79.9. The van der Waals surface area contributed by atoms with Crippen molar-refractivity contribution in [3.8, 4) is 11.5 Å². The van der Waals surface area contributed by atoms with Gasteiger partial charge in [-0.25, -0.2) is 17.2 Å². The van der Waals surface area contributed by atoms with Gasteiger partial charge in [-0.2, -0.15) is 0 Å². The lowest BCUT2D eigenvalue weighted by Gasteiger charge is -2.12. The first-order valence-corrected chi connectivity index (χ1v) is 10.1. The molecule has 2 aromatic rings. The predicted octanol–water partition coefficient (Wildman–Crippen LogP) is 3.48. The van der Waals surface area contributed by atoms with Crippen LogP contribution in [0.4, 0.5) is 8.78 Å². The molecule has 2 rings (SSSR count). The van der Waals surface area contributed by atoms with Gasteiger partial charge in [0.1, 0.15) is 16.4 Å². The number of phenolic OH excluding ortho intramolecular Hbond substituents is 2. The molecule has 3 N–H and O–H groups in total. The van der Waals surface area contributed by atoms with Crippen molar-refractivity contribution in [3.63, 3.8) is 0 Å². The summed E-state index contributed by atoms with van der Waals surface area (Å²) in [5, 5.41) is 21.9. The first-order valence-electron chi connectivity index (χ1n) is 7.30. The molecule has 0 fully saturated rings. The number of hydrogen-bond donors (Lipinski definition) is 3. The van der Waals surface area contributed by atoms with Crippen LogP contribution in [-0.4, -0.2) is 37.5 Å². The molecule has 0 aliphatic heterocycles. The van der Waals surface area contributed by atoms with Crippen molar-refractivity contribution in [2.45, 2.75) is 17.1 Å². The van der Waals surface area contributed by atoms with Crippen molar-refractivity contribution in [1.29, 1.82) is 0 Å². The number of carbonyl (C=O) groups is 1. The maximum atomic E-state index is 12.6.